The van der Waals surface area contributed by atoms with Crippen molar-refractivity contribution in [2.24, 2.45) is 11.8 Å². The Labute approximate surface area is 207 Å². The number of aliphatic hydroxyl groups excluding tert-OH is 1. The maximum atomic E-state index is 13.5. The molecule has 34 heavy (non-hydrogen) atoms. The molecule has 2 aliphatic heterocycles. The predicted octanol–water partition coefficient (Wildman–Crippen LogP) is 5.15. The van der Waals surface area contributed by atoms with Crippen molar-refractivity contribution >= 4 is 29.0 Å². The van der Waals surface area contributed by atoms with E-state index in [1.54, 1.807) is 6.07 Å². The Kier molecular flexibility index (Phi) is 8.30. The summed E-state index contributed by atoms with van der Waals surface area (Å²) in [4.78, 5) is 14.7. The van der Waals surface area contributed by atoms with Crippen LogP contribution in [-0.4, -0.2) is 54.2 Å². The molecule has 0 radical (unpaired) electrons. The first-order valence-electron chi connectivity index (χ1n) is 11.4. The SMILES string of the molecule is O=C(COc1ccc(Cl)c(F)c1)CC1CC2CCC1CN2C[C@H](O)COc1ccc(Cl)c(F)c1. The third kappa shape index (κ3) is 6.39. The molecule has 2 heterocycles. The average Bonchev–Trinajstić information content (AvgIpc) is 2.81. The van der Waals surface area contributed by atoms with Crippen molar-refractivity contribution in [1.29, 1.82) is 0 Å². The number of ketones is 1. The van der Waals surface area contributed by atoms with Gasteiger partial charge in [-0.1, -0.05) is 23.2 Å². The first-order valence-corrected chi connectivity index (χ1v) is 12.1. The first kappa shape index (κ1) is 25.2. The number of carbonyl (C=O) groups is 1. The van der Waals surface area contributed by atoms with E-state index in [0.717, 1.165) is 25.8 Å². The number of fused-ring (bicyclic) bond motifs is 3. The normalized spacial score (nSPS) is 23.0. The molecule has 4 atom stereocenters. The number of aliphatic hydroxyl groups is 1. The van der Waals surface area contributed by atoms with E-state index >= 15 is 0 Å². The Morgan fingerprint density at radius 1 is 1.06 bits per heavy atom. The quantitative estimate of drug-likeness (QED) is 0.476. The van der Waals surface area contributed by atoms with Crippen molar-refractivity contribution in [3.63, 3.8) is 0 Å². The van der Waals surface area contributed by atoms with Crippen LogP contribution in [-0.2, 0) is 4.79 Å². The van der Waals surface area contributed by atoms with Gasteiger partial charge in [0.15, 0.2) is 5.78 Å². The summed E-state index contributed by atoms with van der Waals surface area (Å²) in [6.45, 7) is 1.24. The fourth-order valence-corrected chi connectivity index (χ4v) is 5.20. The molecule has 184 valence electrons. The first-order chi connectivity index (χ1) is 16.3. The summed E-state index contributed by atoms with van der Waals surface area (Å²) >= 11 is 11.3. The van der Waals surface area contributed by atoms with E-state index in [-0.39, 0.29) is 40.7 Å². The van der Waals surface area contributed by atoms with Gasteiger partial charge in [0.2, 0.25) is 0 Å². The lowest BCUT2D eigenvalue weighted by Gasteiger charge is -2.50. The van der Waals surface area contributed by atoms with Gasteiger partial charge in [0.1, 0.15) is 42.5 Å². The molecule has 9 heteroatoms. The van der Waals surface area contributed by atoms with Gasteiger partial charge in [0, 0.05) is 37.7 Å². The van der Waals surface area contributed by atoms with E-state index in [2.05, 4.69) is 4.90 Å². The van der Waals surface area contributed by atoms with Crippen molar-refractivity contribution < 1.29 is 28.2 Å². The van der Waals surface area contributed by atoms with Crippen LogP contribution in [0.5, 0.6) is 11.5 Å². The molecule has 1 saturated carbocycles. The number of Topliss-reactive ketones (excluding diaryl/α,β-unsaturated/α-hetero) is 1. The van der Waals surface area contributed by atoms with Gasteiger partial charge in [0.05, 0.1) is 10.0 Å². The second-order valence-corrected chi connectivity index (χ2v) is 9.90. The molecule has 2 bridgehead atoms. The smallest absolute Gasteiger partial charge is 0.170 e. The van der Waals surface area contributed by atoms with Crippen LogP contribution in [0.4, 0.5) is 8.78 Å². The molecule has 3 aliphatic rings. The predicted molar refractivity (Wildman–Crippen MR) is 126 cm³/mol. The van der Waals surface area contributed by atoms with Gasteiger partial charge in [0.25, 0.3) is 0 Å². The Hall–Kier alpha value is -1.93. The van der Waals surface area contributed by atoms with Crippen LogP contribution >= 0.6 is 23.2 Å². The molecule has 3 fully saturated rings. The van der Waals surface area contributed by atoms with E-state index in [1.165, 1.54) is 30.3 Å². The fraction of sp³-hybridized carbons (Fsp3) is 0.480. The van der Waals surface area contributed by atoms with Crippen LogP contribution < -0.4 is 9.47 Å². The van der Waals surface area contributed by atoms with E-state index in [0.29, 0.717) is 30.7 Å². The zero-order valence-electron chi connectivity index (χ0n) is 18.6. The van der Waals surface area contributed by atoms with E-state index in [1.807, 2.05) is 0 Å². The van der Waals surface area contributed by atoms with Crippen molar-refractivity contribution in [3.05, 3.63) is 58.1 Å². The monoisotopic (exact) mass is 513 g/mol. The highest BCUT2D eigenvalue weighted by Crippen LogP contribution is 2.41. The molecule has 3 unspecified atom stereocenters. The Morgan fingerprint density at radius 3 is 2.29 bits per heavy atom. The lowest BCUT2D eigenvalue weighted by molar-refractivity contribution is -0.124. The minimum Gasteiger partial charge on any atom is -0.491 e. The number of rotatable bonds is 10. The van der Waals surface area contributed by atoms with Gasteiger partial charge in [-0.05, 0) is 55.4 Å². The number of hydrogen-bond acceptors (Lipinski definition) is 5. The standard InChI is InChI=1S/C25H27Cl2F2NO4/c26-22-5-3-20(9-24(22)28)33-13-18(31)8-16-7-17-2-1-15(16)11-30(17)12-19(32)14-34-21-4-6-23(27)25(29)10-21/h3-6,9-10,15-17,19,32H,1-2,7-8,11-14H2/t15?,16?,17?,19-/m0/s1. The molecule has 2 aromatic carbocycles. The third-order valence-corrected chi connectivity index (χ3v) is 7.27. The molecule has 5 nitrogen and oxygen atoms in total. The topological polar surface area (TPSA) is 59.0 Å². The molecule has 0 spiro atoms. The van der Waals surface area contributed by atoms with Crippen LogP contribution in [0.25, 0.3) is 0 Å². The summed E-state index contributed by atoms with van der Waals surface area (Å²) in [5.41, 5.74) is 0. The van der Waals surface area contributed by atoms with Crippen molar-refractivity contribution in [2.45, 2.75) is 37.8 Å². The van der Waals surface area contributed by atoms with Crippen LogP contribution in [0, 0.1) is 23.5 Å². The second-order valence-electron chi connectivity index (χ2n) is 9.09. The van der Waals surface area contributed by atoms with Crippen LogP contribution in [0.2, 0.25) is 10.0 Å². The molecule has 2 saturated heterocycles. The number of hydrogen-bond donors (Lipinski definition) is 1. The highest BCUT2D eigenvalue weighted by Gasteiger charge is 2.41. The zero-order chi connectivity index (χ0) is 24.2. The van der Waals surface area contributed by atoms with Gasteiger partial charge in [-0.15, -0.1) is 0 Å². The highest BCUT2D eigenvalue weighted by atomic mass is 35.5. The Bertz CT molecular complexity index is 1020. The van der Waals surface area contributed by atoms with E-state index in [9.17, 15) is 18.7 Å². The number of nitrogens with zero attached hydrogens (tertiary/aromatic N) is 1. The minimum absolute atomic E-state index is 0.0110. The Balaban J connectivity index is 1.21. The summed E-state index contributed by atoms with van der Waals surface area (Å²) in [5.74, 6) is 0.104. The summed E-state index contributed by atoms with van der Waals surface area (Å²) in [6, 6.07) is 8.60. The maximum absolute atomic E-state index is 13.5. The number of benzene rings is 2. The van der Waals surface area contributed by atoms with Crippen LogP contribution in [0.15, 0.2) is 36.4 Å². The third-order valence-electron chi connectivity index (χ3n) is 6.66. The maximum Gasteiger partial charge on any atom is 0.170 e. The van der Waals surface area contributed by atoms with Gasteiger partial charge < -0.3 is 14.6 Å². The molecular formula is C25H27Cl2F2NO4. The van der Waals surface area contributed by atoms with Gasteiger partial charge >= 0.3 is 0 Å². The molecule has 0 amide bonds. The lowest BCUT2D eigenvalue weighted by Crippen LogP contribution is -2.54. The molecule has 2 aromatic rings. The summed E-state index contributed by atoms with van der Waals surface area (Å²) < 4.78 is 38.0. The lowest BCUT2D eigenvalue weighted by atomic mass is 9.70. The largest absolute Gasteiger partial charge is 0.491 e. The van der Waals surface area contributed by atoms with Crippen molar-refractivity contribution in [2.75, 3.05) is 26.3 Å². The molecular weight excluding hydrogens is 487 g/mol. The molecule has 0 aromatic heterocycles. The van der Waals surface area contributed by atoms with Crippen LogP contribution in [0.1, 0.15) is 25.7 Å². The summed E-state index contributed by atoms with van der Waals surface area (Å²) in [5, 5.41) is 10.5. The van der Waals surface area contributed by atoms with Gasteiger partial charge in [-0.25, -0.2) is 8.78 Å². The second kappa shape index (κ2) is 11.2. The number of halogens is 4. The highest BCUT2D eigenvalue weighted by molar-refractivity contribution is 6.31. The van der Waals surface area contributed by atoms with E-state index < -0.39 is 17.7 Å². The molecule has 1 aliphatic carbocycles. The Morgan fingerprint density at radius 2 is 1.71 bits per heavy atom. The van der Waals surface area contributed by atoms with Gasteiger partial charge in [-0.3, -0.25) is 9.69 Å². The van der Waals surface area contributed by atoms with Crippen LogP contribution in [0.3, 0.4) is 0 Å². The summed E-state index contributed by atoms with van der Waals surface area (Å²) in [7, 11) is 0. The number of carbonyl (C=O) groups excluding carboxylic acids is 1. The number of ether oxygens (including phenoxy) is 2. The fourth-order valence-electron chi connectivity index (χ4n) is 4.96. The molecule has 1 N–H and O–H groups in total. The zero-order valence-corrected chi connectivity index (χ0v) is 20.1. The van der Waals surface area contributed by atoms with Gasteiger partial charge in [-0.2, -0.15) is 0 Å². The molecule has 5 rings (SSSR count). The van der Waals surface area contributed by atoms with E-state index in [4.69, 9.17) is 32.7 Å². The minimum atomic E-state index is -0.716. The summed E-state index contributed by atoms with van der Waals surface area (Å²) in [6.07, 6.45) is 2.69. The van der Waals surface area contributed by atoms with Crippen molar-refractivity contribution in [1.82, 2.24) is 4.90 Å². The van der Waals surface area contributed by atoms with Crippen molar-refractivity contribution in [3.8, 4) is 11.5 Å². The average molecular weight is 514 g/mol. The number of piperidine rings is 2.